The maximum absolute atomic E-state index is 12.6. The molecule has 1 aromatic heterocycles. The largest absolute Gasteiger partial charge is 0.472 e. The fourth-order valence-corrected chi connectivity index (χ4v) is 4.33. The molecule has 6 heteroatoms. The highest BCUT2D eigenvalue weighted by Gasteiger charge is 2.59. The molecule has 0 spiro atoms. The van der Waals surface area contributed by atoms with E-state index in [1.807, 2.05) is 6.92 Å². The molecule has 2 heterocycles. The molecule has 0 aromatic carbocycles. The summed E-state index contributed by atoms with van der Waals surface area (Å²) in [6.45, 7) is 2.65. The average Bonchev–Trinajstić information content (AvgIpc) is 3.34. The second kappa shape index (κ2) is 5.61. The number of furan rings is 1. The number of amides is 3. The van der Waals surface area contributed by atoms with Gasteiger partial charge in [-0.25, -0.2) is 0 Å². The maximum Gasteiger partial charge on any atom is 0.243 e. The molecule has 0 unspecified atom stereocenters. The van der Waals surface area contributed by atoms with E-state index in [2.05, 4.69) is 12.2 Å². The number of likely N-dealkylation sites (tertiary alicyclic amines) is 1. The molecule has 24 heavy (non-hydrogen) atoms. The van der Waals surface area contributed by atoms with Crippen LogP contribution in [-0.2, 0) is 20.9 Å². The van der Waals surface area contributed by atoms with Crippen LogP contribution >= 0.6 is 0 Å². The summed E-state index contributed by atoms with van der Waals surface area (Å²) in [7, 11) is 0. The number of likely N-dealkylation sites (N-methyl/N-ethyl adjacent to an activating group) is 1. The summed E-state index contributed by atoms with van der Waals surface area (Å²) in [6, 6.07) is 1.80. The van der Waals surface area contributed by atoms with Crippen molar-refractivity contribution < 1.29 is 18.8 Å². The summed E-state index contributed by atoms with van der Waals surface area (Å²) in [5.41, 5.74) is 0.892. The van der Waals surface area contributed by atoms with Gasteiger partial charge in [0.05, 0.1) is 24.4 Å². The molecule has 4 rings (SSSR count). The van der Waals surface area contributed by atoms with Crippen molar-refractivity contribution in [3.63, 3.8) is 0 Å². The van der Waals surface area contributed by atoms with Crippen molar-refractivity contribution in [2.45, 2.75) is 19.9 Å². The van der Waals surface area contributed by atoms with Crippen LogP contribution in [0.15, 0.2) is 35.2 Å². The quantitative estimate of drug-likeness (QED) is 0.606. The van der Waals surface area contributed by atoms with Crippen LogP contribution in [0.5, 0.6) is 0 Å². The van der Waals surface area contributed by atoms with Gasteiger partial charge in [-0.15, -0.1) is 0 Å². The first-order chi connectivity index (χ1) is 11.6. The van der Waals surface area contributed by atoms with E-state index in [4.69, 9.17) is 4.42 Å². The van der Waals surface area contributed by atoms with Crippen LogP contribution in [-0.4, -0.2) is 40.6 Å². The van der Waals surface area contributed by atoms with Crippen molar-refractivity contribution in [2.75, 3.05) is 13.1 Å². The van der Waals surface area contributed by atoms with Gasteiger partial charge in [0, 0.05) is 18.7 Å². The Bertz CT molecular complexity index is 679. The Kier molecular flexibility index (Phi) is 3.55. The molecule has 6 nitrogen and oxygen atoms in total. The minimum atomic E-state index is -0.246. The minimum Gasteiger partial charge on any atom is -0.472 e. The van der Waals surface area contributed by atoms with Crippen LogP contribution in [0.1, 0.15) is 18.9 Å². The zero-order valence-electron chi connectivity index (χ0n) is 13.6. The minimum absolute atomic E-state index is 0.157. The molecule has 1 saturated carbocycles. The second-order valence-corrected chi connectivity index (χ2v) is 6.80. The van der Waals surface area contributed by atoms with E-state index in [1.54, 1.807) is 23.5 Å². The number of hydrogen-bond donors (Lipinski definition) is 0. The summed E-state index contributed by atoms with van der Waals surface area (Å²) < 4.78 is 5.02. The third-order valence-electron chi connectivity index (χ3n) is 5.54. The lowest BCUT2D eigenvalue weighted by Gasteiger charge is -2.24. The van der Waals surface area contributed by atoms with Gasteiger partial charge in [-0.2, -0.15) is 0 Å². The van der Waals surface area contributed by atoms with Crippen LogP contribution in [0.4, 0.5) is 0 Å². The first kappa shape index (κ1) is 15.2. The van der Waals surface area contributed by atoms with Crippen LogP contribution in [0.3, 0.4) is 0 Å². The Morgan fingerprint density at radius 2 is 1.92 bits per heavy atom. The van der Waals surface area contributed by atoms with Crippen LogP contribution in [0, 0.1) is 23.7 Å². The van der Waals surface area contributed by atoms with E-state index in [0.717, 1.165) is 12.0 Å². The van der Waals surface area contributed by atoms with Gasteiger partial charge in [0.2, 0.25) is 17.7 Å². The normalized spacial score (nSPS) is 30.3. The number of nitrogens with zero attached hydrogens (tertiary/aromatic N) is 2. The van der Waals surface area contributed by atoms with Crippen molar-refractivity contribution >= 4 is 17.7 Å². The molecule has 1 aliphatic heterocycles. The van der Waals surface area contributed by atoms with Gasteiger partial charge < -0.3 is 9.32 Å². The van der Waals surface area contributed by atoms with Crippen LogP contribution in [0.25, 0.3) is 0 Å². The molecule has 2 bridgehead atoms. The van der Waals surface area contributed by atoms with E-state index < -0.39 is 0 Å². The second-order valence-electron chi connectivity index (χ2n) is 6.80. The highest BCUT2D eigenvalue weighted by Crippen LogP contribution is 2.52. The Hall–Kier alpha value is -2.37. The molecule has 1 aromatic rings. The fourth-order valence-electron chi connectivity index (χ4n) is 4.33. The zero-order valence-corrected chi connectivity index (χ0v) is 13.6. The Balaban J connectivity index is 1.46. The lowest BCUT2D eigenvalue weighted by molar-refractivity contribution is -0.147. The summed E-state index contributed by atoms with van der Waals surface area (Å²) in [5.74, 6) is -0.701. The van der Waals surface area contributed by atoms with Crippen molar-refractivity contribution in [2.24, 2.45) is 23.7 Å². The number of allylic oxidation sites excluding steroid dienone is 2. The monoisotopic (exact) mass is 328 g/mol. The SMILES string of the molecule is CCN(Cc1ccoc1)C(=O)CN1C(=O)[C@@H]2[C@@H](C1=O)[C@H]1C=C[C@H]2C1. The van der Waals surface area contributed by atoms with Gasteiger partial charge in [-0.05, 0) is 31.2 Å². The maximum atomic E-state index is 12.6. The smallest absolute Gasteiger partial charge is 0.243 e. The van der Waals surface area contributed by atoms with Gasteiger partial charge in [-0.1, -0.05) is 12.2 Å². The molecule has 2 aliphatic carbocycles. The molecular formula is C18H20N2O4. The number of carbonyl (C=O) groups is 3. The Morgan fingerprint density at radius 3 is 2.46 bits per heavy atom. The standard InChI is InChI=1S/C18H20N2O4/c1-2-19(8-11-5-6-24-10-11)14(21)9-20-17(22)15-12-3-4-13(7-12)16(15)18(20)23/h3-6,10,12-13,15-16H,2,7-9H2,1H3/t12-,13-,15-,16-/m0/s1. The summed E-state index contributed by atoms with van der Waals surface area (Å²) in [5, 5.41) is 0. The molecule has 3 amide bonds. The van der Waals surface area contributed by atoms with E-state index in [9.17, 15) is 14.4 Å². The molecule has 126 valence electrons. The van der Waals surface area contributed by atoms with E-state index in [0.29, 0.717) is 13.1 Å². The molecule has 4 atom stereocenters. The highest BCUT2D eigenvalue weighted by atomic mass is 16.3. The lowest BCUT2D eigenvalue weighted by atomic mass is 9.85. The van der Waals surface area contributed by atoms with Crippen molar-refractivity contribution in [3.8, 4) is 0 Å². The third-order valence-corrected chi connectivity index (χ3v) is 5.54. The molecular weight excluding hydrogens is 308 g/mol. The Labute approximate surface area is 140 Å². The first-order valence-electron chi connectivity index (χ1n) is 8.42. The van der Waals surface area contributed by atoms with Crippen molar-refractivity contribution in [1.29, 1.82) is 0 Å². The number of imide groups is 1. The molecule has 3 aliphatic rings. The van der Waals surface area contributed by atoms with Crippen molar-refractivity contribution in [1.82, 2.24) is 9.80 Å². The zero-order chi connectivity index (χ0) is 16.8. The summed E-state index contributed by atoms with van der Waals surface area (Å²) in [6.07, 6.45) is 8.16. The topological polar surface area (TPSA) is 70.8 Å². The van der Waals surface area contributed by atoms with Gasteiger partial charge in [0.15, 0.2) is 0 Å². The number of rotatable bonds is 5. The predicted octanol–water partition coefficient (Wildman–Crippen LogP) is 1.44. The van der Waals surface area contributed by atoms with Crippen molar-refractivity contribution in [3.05, 3.63) is 36.3 Å². The average molecular weight is 328 g/mol. The van der Waals surface area contributed by atoms with E-state index >= 15 is 0 Å². The lowest BCUT2D eigenvalue weighted by Crippen LogP contribution is -2.43. The third kappa shape index (κ3) is 2.20. The number of hydrogen-bond acceptors (Lipinski definition) is 4. The van der Waals surface area contributed by atoms with Gasteiger partial charge in [0.1, 0.15) is 6.54 Å². The van der Waals surface area contributed by atoms with E-state index in [-0.39, 0.29) is 47.9 Å². The Morgan fingerprint density at radius 1 is 1.25 bits per heavy atom. The molecule has 2 fully saturated rings. The van der Waals surface area contributed by atoms with Gasteiger partial charge in [-0.3, -0.25) is 19.3 Å². The molecule has 0 radical (unpaired) electrons. The summed E-state index contributed by atoms with van der Waals surface area (Å²) >= 11 is 0. The molecule has 0 N–H and O–H groups in total. The highest BCUT2D eigenvalue weighted by molar-refractivity contribution is 6.08. The van der Waals surface area contributed by atoms with Gasteiger partial charge in [0.25, 0.3) is 0 Å². The predicted molar refractivity (Wildman–Crippen MR) is 84.2 cm³/mol. The number of fused-ring (bicyclic) bond motifs is 5. The van der Waals surface area contributed by atoms with E-state index in [1.165, 1.54) is 4.90 Å². The summed E-state index contributed by atoms with van der Waals surface area (Å²) in [4.78, 5) is 40.7. The fraction of sp³-hybridized carbons (Fsp3) is 0.500. The first-order valence-corrected chi connectivity index (χ1v) is 8.42. The van der Waals surface area contributed by atoms with Crippen LogP contribution < -0.4 is 0 Å². The molecule has 1 saturated heterocycles. The van der Waals surface area contributed by atoms with Crippen LogP contribution in [0.2, 0.25) is 0 Å². The van der Waals surface area contributed by atoms with Gasteiger partial charge >= 0.3 is 0 Å². The number of carbonyl (C=O) groups excluding carboxylic acids is 3.